The van der Waals surface area contributed by atoms with E-state index >= 15 is 0 Å². The molecule has 3 nitrogen and oxygen atoms in total. The van der Waals surface area contributed by atoms with Crippen LogP contribution < -0.4 is 0 Å². The highest BCUT2D eigenvalue weighted by atomic mass is 16.3. The van der Waals surface area contributed by atoms with Gasteiger partial charge in [0.05, 0.1) is 0 Å². The van der Waals surface area contributed by atoms with Crippen molar-refractivity contribution in [2.45, 2.75) is 25.0 Å². The van der Waals surface area contributed by atoms with Crippen molar-refractivity contribution < 1.29 is 9.90 Å². The van der Waals surface area contributed by atoms with E-state index in [1.54, 1.807) is 7.05 Å². The normalized spacial score (nSPS) is 26.8. The van der Waals surface area contributed by atoms with Gasteiger partial charge in [-0.25, -0.2) is 0 Å². The van der Waals surface area contributed by atoms with Crippen molar-refractivity contribution >= 4 is 5.91 Å². The number of carbonyl (C=O) groups excluding carboxylic acids is 1. The first-order chi connectivity index (χ1) is 7.18. The monoisotopic (exact) mass is 205 g/mol. The van der Waals surface area contributed by atoms with Crippen LogP contribution in [0.3, 0.4) is 0 Å². The van der Waals surface area contributed by atoms with Crippen LogP contribution in [0.5, 0.6) is 0 Å². The molecule has 0 aliphatic carbocycles. The van der Waals surface area contributed by atoms with Gasteiger partial charge in [0, 0.05) is 13.5 Å². The number of hydrogen-bond donors (Lipinski definition) is 1. The molecule has 1 N–H and O–H groups in total. The van der Waals surface area contributed by atoms with Crippen molar-refractivity contribution in [2.24, 2.45) is 0 Å². The zero-order valence-electron chi connectivity index (χ0n) is 8.76. The van der Waals surface area contributed by atoms with Crippen LogP contribution in [0.25, 0.3) is 0 Å². The van der Waals surface area contributed by atoms with Crippen molar-refractivity contribution in [3.05, 3.63) is 35.9 Å². The number of rotatable bonds is 1. The van der Waals surface area contributed by atoms with Crippen LogP contribution >= 0.6 is 0 Å². The summed E-state index contributed by atoms with van der Waals surface area (Å²) in [6.45, 7) is 0. The largest absolute Gasteiger partial charge is 0.374 e. The Labute approximate surface area is 89.3 Å². The van der Waals surface area contributed by atoms with Crippen molar-refractivity contribution in [1.82, 2.24) is 4.90 Å². The second-order valence-corrected chi connectivity index (χ2v) is 4.03. The molecule has 2 rings (SSSR count). The van der Waals surface area contributed by atoms with Gasteiger partial charge >= 0.3 is 0 Å². The fourth-order valence-corrected chi connectivity index (χ4v) is 2.00. The molecule has 1 fully saturated rings. The Kier molecular flexibility index (Phi) is 2.73. The molecule has 1 heterocycles. The smallest absolute Gasteiger partial charge is 0.224 e. The first-order valence-electron chi connectivity index (χ1n) is 5.17. The standard InChI is InChI=1S/C12H15NO2/c1-13-11(14)7-10(8-12(13)15)9-5-3-2-4-6-9/h2-6,10-11,14H,7-8H2,1H3. The Hall–Kier alpha value is -1.35. The first kappa shape index (κ1) is 10.2. The summed E-state index contributed by atoms with van der Waals surface area (Å²) in [4.78, 5) is 13.0. The summed E-state index contributed by atoms with van der Waals surface area (Å²) >= 11 is 0. The summed E-state index contributed by atoms with van der Waals surface area (Å²) in [7, 11) is 1.65. The molecule has 2 atom stereocenters. The van der Waals surface area contributed by atoms with Gasteiger partial charge in [0.25, 0.3) is 0 Å². The summed E-state index contributed by atoms with van der Waals surface area (Å²) in [5.74, 6) is 0.174. The van der Waals surface area contributed by atoms with E-state index in [0.29, 0.717) is 12.8 Å². The van der Waals surface area contributed by atoms with E-state index in [-0.39, 0.29) is 11.8 Å². The van der Waals surface area contributed by atoms with Crippen LogP contribution in [0.2, 0.25) is 0 Å². The van der Waals surface area contributed by atoms with Crippen LogP contribution in [0.1, 0.15) is 24.3 Å². The Balaban J connectivity index is 2.16. The summed E-state index contributed by atoms with van der Waals surface area (Å²) in [5, 5.41) is 9.68. The van der Waals surface area contributed by atoms with Crippen LogP contribution in [0, 0.1) is 0 Å². The van der Waals surface area contributed by atoms with Crippen LogP contribution in [-0.4, -0.2) is 29.2 Å². The van der Waals surface area contributed by atoms with Gasteiger partial charge in [0.2, 0.25) is 5.91 Å². The van der Waals surface area contributed by atoms with E-state index < -0.39 is 6.23 Å². The molecule has 0 bridgehead atoms. The Morgan fingerprint density at radius 3 is 2.60 bits per heavy atom. The van der Waals surface area contributed by atoms with Gasteiger partial charge in [-0.05, 0) is 17.9 Å². The second-order valence-electron chi connectivity index (χ2n) is 4.03. The molecule has 0 spiro atoms. The third-order valence-corrected chi connectivity index (χ3v) is 3.03. The third-order valence-electron chi connectivity index (χ3n) is 3.03. The topological polar surface area (TPSA) is 40.5 Å². The number of aliphatic hydroxyl groups excluding tert-OH is 1. The predicted octanol–water partition coefficient (Wildman–Crippen LogP) is 1.34. The number of nitrogens with zero attached hydrogens (tertiary/aromatic N) is 1. The second kappa shape index (κ2) is 4.03. The van der Waals surface area contributed by atoms with Gasteiger partial charge in [-0.3, -0.25) is 4.79 Å². The average Bonchev–Trinajstić information content (AvgIpc) is 2.26. The van der Waals surface area contributed by atoms with Crippen LogP contribution in [-0.2, 0) is 4.79 Å². The maximum absolute atomic E-state index is 11.6. The van der Waals surface area contributed by atoms with E-state index in [0.717, 1.165) is 5.56 Å². The lowest BCUT2D eigenvalue weighted by Crippen LogP contribution is -2.43. The zero-order chi connectivity index (χ0) is 10.8. The number of aliphatic hydroxyl groups is 1. The Morgan fingerprint density at radius 2 is 2.00 bits per heavy atom. The van der Waals surface area contributed by atoms with E-state index in [9.17, 15) is 9.90 Å². The molecule has 1 aromatic carbocycles. The molecule has 1 aliphatic heterocycles. The summed E-state index contributed by atoms with van der Waals surface area (Å²) in [6.07, 6.45) is 0.487. The zero-order valence-corrected chi connectivity index (χ0v) is 8.76. The van der Waals surface area contributed by atoms with Gasteiger partial charge in [-0.2, -0.15) is 0 Å². The highest BCUT2D eigenvalue weighted by Gasteiger charge is 2.30. The number of benzene rings is 1. The molecule has 80 valence electrons. The number of likely N-dealkylation sites (tertiary alicyclic amines) is 1. The van der Waals surface area contributed by atoms with Gasteiger partial charge in [-0.1, -0.05) is 30.3 Å². The van der Waals surface area contributed by atoms with Gasteiger partial charge in [0.15, 0.2) is 0 Å². The lowest BCUT2D eigenvalue weighted by Gasteiger charge is -2.33. The quantitative estimate of drug-likeness (QED) is 0.751. The van der Waals surface area contributed by atoms with Gasteiger partial charge in [0.1, 0.15) is 6.23 Å². The number of carbonyl (C=O) groups is 1. The van der Waals surface area contributed by atoms with E-state index in [2.05, 4.69) is 0 Å². The molecule has 3 heteroatoms. The molecule has 0 aromatic heterocycles. The molecular formula is C12H15NO2. The molecule has 1 aromatic rings. The molecule has 1 amide bonds. The SMILES string of the molecule is CN1C(=O)CC(c2ccccc2)CC1O. The molecule has 0 saturated carbocycles. The molecule has 2 unspecified atom stereocenters. The van der Waals surface area contributed by atoms with Crippen molar-refractivity contribution in [3.8, 4) is 0 Å². The highest BCUT2D eigenvalue weighted by Crippen LogP contribution is 2.30. The van der Waals surface area contributed by atoms with Gasteiger partial charge < -0.3 is 10.0 Å². The van der Waals surface area contributed by atoms with Crippen molar-refractivity contribution in [2.75, 3.05) is 7.05 Å². The average molecular weight is 205 g/mol. The number of hydrogen-bond acceptors (Lipinski definition) is 2. The van der Waals surface area contributed by atoms with Gasteiger partial charge in [-0.15, -0.1) is 0 Å². The van der Waals surface area contributed by atoms with E-state index in [1.165, 1.54) is 4.90 Å². The molecule has 0 radical (unpaired) electrons. The molecule has 1 aliphatic rings. The minimum absolute atomic E-state index is 0.0163. The maximum atomic E-state index is 11.6. The predicted molar refractivity (Wildman–Crippen MR) is 57.2 cm³/mol. The minimum atomic E-state index is -0.642. The lowest BCUT2D eigenvalue weighted by atomic mass is 9.88. The maximum Gasteiger partial charge on any atom is 0.224 e. The van der Waals surface area contributed by atoms with Crippen LogP contribution in [0.4, 0.5) is 0 Å². The summed E-state index contributed by atoms with van der Waals surface area (Å²) < 4.78 is 0. The third kappa shape index (κ3) is 2.02. The highest BCUT2D eigenvalue weighted by molar-refractivity contribution is 5.78. The fourth-order valence-electron chi connectivity index (χ4n) is 2.00. The van der Waals surface area contributed by atoms with Crippen molar-refractivity contribution in [1.29, 1.82) is 0 Å². The van der Waals surface area contributed by atoms with E-state index in [1.807, 2.05) is 30.3 Å². The molecule has 1 saturated heterocycles. The van der Waals surface area contributed by atoms with Crippen LogP contribution in [0.15, 0.2) is 30.3 Å². The van der Waals surface area contributed by atoms with Crippen molar-refractivity contribution in [3.63, 3.8) is 0 Å². The molecular weight excluding hydrogens is 190 g/mol. The van der Waals surface area contributed by atoms with E-state index in [4.69, 9.17) is 0 Å². The summed E-state index contributed by atoms with van der Waals surface area (Å²) in [6, 6.07) is 9.90. The molecule has 15 heavy (non-hydrogen) atoms. The minimum Gasteiger partial charge on any atom is -0.374 e. The fraction of sp³-hybridized carbons (Fsp3) is 0.417. The Morgan fingerprint density at radius 1 is 1.33 bits per heavy atom. The first-order valence-corrected chi connectivity index (χ1v) is 5.17. The summed E-state index contributed by atoms with van der Waals surface area (Å²) in [5.41, 5.74) is 1.14. The number of amides is 1. The Bertz CT molecular complexity index is 350. The lowest BCUT2D eigenvalue weighted by molar-refractivity contribution is -0.144. The number of piperidine rings is 1.